The van der Waals surface area contributed by atoms with Crippen LogP contribution in [0.15, 0.2) is 35.1 Å². The summed E-state index contributed by atoms with van der Waals surface area (Å²) in [4.78, 5) is 29.7. The van der Waals surface area contributed by atoms with Crippen LogP contribution in [-0.2, 0) is 9.59 Å². The van der Waals surface area contributed by atoms with Crippen LogP contribution in [-0.4, -0.2) is 52.7 Å². The van der Waals surface area contributed by atoms with Gasteiger partial charge in [0.2, 0.25) is 0 Å². The molecule has 0 aliphatic carbocycles. The van der Waals surface area contributed by atoms with Crippen LogP contribution in [0.1, 0.15) is 20.8 Å². The van der Waals surface area contributed by atoms with Crippen LogP contribution >= 0.6 is 0 Å². The van der Waals surface area contributed by atoms with Crippen molar-refractivity contribution in [2.75, 3.05) is 26.3 Å². The van der Waals surface area contributed by atoms with Crippen LogP contribution < -0.4 is 5.32 Å². The zero-order valence-electron chi connectivity index (χ0n) is 12.6. The number of carbonyl (C=O) groups is 2. The normalized spacial score (nSPS) is 20.9. The van der Waals surface area contributed by atoms with Gasteiger partial charge < -0.3 is 20.0 Å². The highest BCUT2D eigenvalue weighted by molar-refractivity contribution is 5.96. The summed E-state index contributed by atoms with van der Waals surface area (Å²) in [6.45, 7) is 8.34. The Morgan fingerprint density at radius 1 is 1.43 bits per heavy atom. The van der Waals surface area contributed by atoms with Crippen LogP contribution in [0.25, 0.3) is 0 Å². The van der Waals surface area contributed by atoms with Gasteiger partial charge in [0.15, 0.2) is 0 Å². The Bertz CT molecular complexity index is 603. The number of carbonyl (C=O) groups excluding carboxylic acids is 2. The van der Waals surface area contributed by atoms with Gasteiger partial charge in [-0.3, -0.25) is 9.59 Å². The van der Waals surface area contributed by atoms with Gasteiger partial charge >= 0.3 is 0 Å². The molecule has 0 atom stereocenters. The molecule has 0 radical (unpaired) electrons. The topological polar surface area (TPSA) is 55.9 Å². The maximum absolute atomic E-state index is 12.2. The Balaban J connectivity index is 1.97. The average Bonchev–Trinajstić information content (AvgIpc) is 2.80. The Hall–Kier alpha value is -2.24. The molecule has 1 N–H and O–H groups in total. The molecule has 21 heavy (non-hydrogen) atoms. The van der Waals surface area contributed by atoms with Crippen molar-refractivity contribution in [1.29, 1.82) is 0 Å². The predicted octanol–water partition coefficient (Wildman–Crippen LogP) is 0.573. The lowest BCUT2D eigenvalue weighted by molar-refractivity contribution is -0.119. The minimum atomic E-state index is -0.109. The molecule has 0 spiro atoms. The highest BCUT2D eigenvalue weighted by atomic mass is 16.2. The van der Waals surface area contributed by atoms with Gasteiger partial charge in [0, 0.05) is 19.3 Å². The van der Waals surface area contributed by atoms with E-state index in [4.69, 9.17) is 0 Å². The van der Waals surface area contributed by atoms with E-state index in [0.717, 1.165) is 24.6 Å². The first-order chi connectivity index (χ1) is 9.99. The Morgan fingerprint density at radius 2 is 2.19 bits per heavy atom. The zero-order chi connectivity index (χ0) is 15.1. The van der Waals surface area contributed by atoms with Crippen molar-refractivity contribution in [3.8, 4) is 0 Å². The van der Waals surface area contributed by atoms with Gasteiger partial charge in [0.05, 0.1) is 18.9 Å². The zero-order valence-corrected chi connectivity index (χ0v) is 12.6. The van der Waals surface area contributed by atoms with E-state index in [-0.39, 0.29) is 11.7 Å². The molecule has 3 rings (SSSR count). The molecule has 0 aromatic heterocycles. The monoisotopic (exact) mass is 288 g/mol. The summed E-state index contributed by atoms with van der Waals surface area (Å²) >= 11 is 0. The molecule has 3 aliphatic heterocycles. The van der Waals surface area contributed by atoms with Crippen molar-refractivity contribution >= 4 is 11.7 Å². The number of rotatable bonds is 3. The fourth-order valence-corrected chi connectivity index (χ4v) is 3.04. The van der Waals surface area contributed by atoms with Crippen molar-refractivity contribution in [2.24, 2.45) is 0 Å². The van der Waals surface area contributed by atoms with Gasteiger partial charge in [0.25, 0.3) is 5.91 Å². The Labute approximate surface area is 124 Å². The summed E-state index contributed by atoms with van der Waals surface area (Å²) in [5.41, 5.74) is 2.69. The maximum Gasteiger partial charge on any atom is 0.274 e. The molecule has 0 fully saturated rings. The number of hydrogen-bond donors (Lipinski definition) is 1. The summed E-state index contributed by atoms with van der Waals surface area (Å²) in [7, 11) is 0. The number of nitrogens with zero attached hydrogens (tertiary/aromatic N) is 3. The molecule has 0 unspecified atom stereocenters. The minimum Gasteiger partial charge on any atom is -0.353 e. The SMILES string of the molecule is CCN1CC(C)=CC2=C1N1CN(CC(C)=O)C=C1C(=O)N2. The number of fused-ring (bicyclic) bond motifs is 2. The van der Waals surface area contributed by atoms with E-state index in [9.17, 15) is 9.59 Å². The highest BCUT2D eigenvalue weighted by Gasteiger charge is 2.38. The fraction of sp³-hybridized carbons (Fsp3) is 0.467. The average molecular weight is 288 g/mol. The molecule has 6 nitrogen and oxygen atoms in total. The molecule has 3 heterocycles. The van der Waals surface area contributed by atoms with E-state index in [2.05, 4.69) is 24.1 Å². The molecule has 0 bridgehead atoms. The molecule has 112 valence electrons. The standard InChI is InChI=1S/C15H20N4O2/c1-4-18-6-10(2)5-12-15(18)19-9-17(7-11(3)20)8-13(19)14(21)16-12/h5,8H,4,6-7,9H2,1-3H3,(H,16,21). The largest absolute Gasteiger partial charge is 0.353 e. The molecule has 0 aromatic rings. The molecule has 1 amide bonds. The predicted molar refractivity (Wildman–Crippen MR) is 78.3 cm³/mol. The summed E-state index contributed by atoms with van der Waals surface area (Å²) in [5.74, 6) is 1.01. The highest BCUT2D eigenvalue weighted by Crippen LogP contribution is 2.32. The number of Topliss-reactive ketones (excluding diaryl/α,β-unsaturated/α-hetero) is 1. The van der Waals surface area contributed by atoms with E-state index in [1.165, 1.54) is 5.57 Å². The minimum absolute atomic E-state index is 0.0908. The van der Waals surface area contributed by atoms with Crippen LogP contribution in [0.2, 0.25) is 0 Å². The third-order valence-corrected chi connectivity index (χ3v) is 3.83. The third kappa shape index (κ3) is 2.30. The summed E-state index contributed by atoms with van der Waals surface area (Å²) < 4.78 is 0. The quantitative estimate of drug-likeness (QED) is 0.823. The van der Waals surface area contributed by atoms with Crippen LogP contribution in [0.3, 0.4) is 0 Å². The fourth-order valence-electron chi connectivity index (χ4n) is 3.04. The molecular weight excluding hydrogens is 268 g/mol. The molecule has 0 saturated carbocycles. The second kappa shape index (κ2) is 4.95. The summed E-state index contributed by atoms with van der Waals surface area (Å²) in [5, 5.41) is 2.96. The lowest BCUT2D eigenvalue weighted by Crippen LogP contribution is -2.48. The van der Waals surface area contributed by atoms with E-state index in [1.54, 1.807) is 13.1 Å². The number of ketones is 1. The van der Waals surface area contributed by atoms with Crippen molar-refractivity contribution < 1.29 is 9.59 Å². The number of amides is 1. The molecule has 0 saturated heterocycles. The first-order valence-electron chi connectivity index (χ1n) is 7.20. The van der Waals surface area contributed by atoms with Gasteiger partial charge in [0.1, 0.15) is 17.3 Å². The number of hydrogen-bond acceptors (Lipinski definition) is 5. The third-order valence-electron chi connectivity index (χ3n) is 3.83. The van der Waals surface area contributed by atoms with Crippen molar-refractivity contribution in [1.82, 2.24) is 20.0 Å². The first kappa shape index (κ1) is 13.7. The second-order valence-corrected chi connectivity index (χ2v) is 5.73. The second-order valence-electron chi connectivity index (χ2n) is 5.73. The van der Waals surface area contributed by atoms with Crippen molar-refractivity contribution in [2.45, 2.75) is 20.8 Å². The van der Waals surface area contributed by atoms with Gasteiger partial charge in [-0.2, -0.15) is 0 Å². The summed E-state index contributed by atoms with van der Waals surface area (Å²) in [6.07, 6.45) is 3.81. The van der Waals surface area contributed by atoms with Gasteiger partial charge in [-0.15, -0.1) is 0 Å². The van der Waals surface area contributed by atoms with Crippen molar-refractivity contribution in [3.05, 3.63) is 35.1 Å². The molecular formula is C15H20N4O2. The lowest BCUT2D eigenvalue weighted by atomic mass is 10.1. The molecule has 6 heteroatoms. The van der Waals surface area contributed by atoms with Crippen molar-refractivity contribution in [3.63, 3.8) is 0 Å². The van der Waals surface area contributed by atoms with E-state index >= 15 is 0 Å². The smallest absolute Gasteiger partial charge is 0.274 e. The lowest BCUT2D eigenvalue weighted by Gasteiger charge is -2.40. The maximum atomic E-state index is 12.2. The van der Waals surface area contributed by atoms with Gasteiger partial charge in [-0.1, -0.05) is 5.57 Å². The number of nitrogens with one attached hydrogen (secondary N) is 1. The van der Waals surface area contributed by atoms with Crippen LogP contribution in [0, 0.1) is 0 Å². The number of likely N-dealkylation sites (N-methyl/N-ethyl adjacent to an activating group) is 1. The molecule has 0 aromatic carbocycles. The first-order valence-corrected chi connectivity index (χ1v) is 7.20. The number of allylic oxidation sites excluding steroid dienone is 1. The van der Waals surface area contributed by atoms with Gasteiger partial charge in [-0.05, 0) is 26.8 Å². The van der Waals surface area contributed by atoms with Crippen LogP contribution in [0.4, 0.5) is 0 Å². The molecule has 3 aliphatic rings. The van der Waals surface area contributed by atoms with E-state index in [1.807, 2.05) is 15.9 Å². The Morgan fingerprint density at radius 3 is 2.86 bits per heavy atom. The Kier molecular flexibility index (Phi) is 3.23. The van der Waals surface area contributed by atoms with E-state index in [0.29, 0.717) is 18.9 Å². The van der Waals surface area contributed by atoms with E-state index < -0.39 is 0 Å². The van der Waals surface area contributed by atoms with Crippen LogP contribution in [0.5, 0.6) is 0 Å². The summed E-state index contributed by atoms with van der Waals surface area (Å²) in [6, 6.07) is 0. The van der Waals surface area contributed by atoms with Gasteiger partial charge in [-0.25, -0.2) is 0 Å².